The molecular weight excluding hydrogens is 334 g/mol. The van der Waals surface area contributed by atoms with Crippen LogP contribution in [0.4, 0.5) is 0 Å². The molecule has 0 saturated carbocycles. The van der Waals surface area contributed by atoms with Crippen molar-refractivity contribution < 1.29 is 9.84 Å². The number of nitrogens with zero attached hydrogens (tertiary/aromatic N) is 1. The number of ether oxygens (including phenoxy) is 1. The molecule has 0 heterocycles. The highest BCUT2D eigenvalue weighted by atomic mass is 16.5. The van der Waals surface area contributed by atoms with E-state index in [1.54, 1.807) is 7.11 Å². The molecule has 0 aromatic heterocycles. The summed E-state index contributed by atoms with van der Waals surface area (Å²) in [5, 5.41) is 11.0. The molecule has 0 saturated heterocycles. The van der Waals surface area contributed by atoms with Crippen LogP contribution in [0.5, 0.6) is 11.5 Å². The van der Waals surface area contributed by atoms with Gasteiger partial charge in [0, 0.05) is 24.2 Å². The average Bonchev–Trinajstić information content (AvgIpc) is 2.55. The van der Waals surface area contributed by atoms with Crippen LogP contribution in [0.3, 0.4) is 0 Å². The molecule has 0 atom stereocenters. The van der Waals surface area contributed by atoms with E-state index in [2.05, 4.69) is 71.7 Å². The Morgan fingerprint density at radius 1 is 0.889 bits per heavy atom. The number of rotatable bonds is 5. The fourth-order valence-electron chi connectivity index (χ4n) is 3.29. The molecule has 148 valence electrons. The van der Waals surface area contributed by atoms with Crippen LogP contribution in [0, 0.1) is 0 Å². The lowest BCUT2D eigenvalue weighted by molar-refractivity contribution is 0.303. The number of phenolic OH excluding ortho intramolecular Hbond substituents is 1. The Morgan fingerprint density at radius 3 is 2.04 bits per heavy atom. The molecule has 27 heavy (non-hydrogen) atoms. The number of aromatic hydroxyl groups is 1. The fourth-order valence-corrected chi connectivity index (χ4v) is 3.29. The van der Waals surface area contributed by atoms with Gasteiger partial charge in [-0.25, -0.2) is 0 Å². The molecule has 0 fully saturated rings. The number of para-hydroxylation sites is 1. The Kier molecular flexibility index (Phi) is 6.26. The smallest absolute Gasteiger partial charge is 0.123 e. The van der Waals surface area contributed by atoms with Crippen molar-refractivity contribution in [1.82, 2.24) is 4.90 Å². The molecule has 0 unspecified atom stereocenters. The second-order valence-corrected chi connectivity index (χ2v) is 9.52. The van der Waals surface area contributed by atoms with Gasteiger partial charge in [-0.2, -0.15) is 0 Å². The second kappa shape index (κ2) is 7.93. The van der Waals surface area contributed by atoms with Gasteiger partial charge >= 0.3 is 0 Å². The number of benzene rings is 2. The number of methoxy groups -OCH3 is 1. The first-order valence-corrected chi connectivity index (χ1v) is 9.60. The van der Waals surface area contributed by atoms with Gasteiger partial charge in [0.05, 0.1) is 7.11 Å². The minimum Gasteiger partial charge on any atom is -0.507 e. The largest absolute Gasteiger partial charge is 0.507 e. The Bertz CT molecular complexity index is 782. The summed E-state index contributed by atoms with van der Waals surface area (Å²) in [4.78, 5) is 2.21. The van der Waals surface area contributed by atoms with Gasteiger partial charge in [0.1, 0.15) is 11.5 Å². The van der Waals surface area contributed by atoms with Gasteiger partial charge in [0.15, 0.2) is 0 Å². The third-order valence-electron chi connectivity index (χ3n) is 4.94. The molecule has 3 heteroatoms. The van der Waals surface area contributed by atoms with E-state index in [-0.39, 0.29) is 10.8 Å². The van der Waals surface area contributed by atoms with Gasteiger partial charge in [0.25, 0.3) is 0 Å². The fraction of sp³-hybridized carbons (Fsp3) is 0.500. The summed E-state index contributed by atoms with van der Waals surface area (Å²) in [7, 11) is 3.78. The predicted molar refractivity (Wildman–Crippen MR) is 114 cm³/mol. The van der Waals surface area contributed by atoms with Crippen LogP contribution in [-0.4, -0.2) is 24.2 Å². The second-order valence-electron chi connectivity index (χ2n) is 9.52. The maximum Gasteiger partial charge on any atom is 0.123 e. The van der Waals surface area contributed by atoms with E-state index in [0.29, 0.717) is 12.3 Å². The summed E-state index contributed by atoms with van der Waals surface area (Å²) < 4.78 is 5.47. The number of hydrogen-bond acceptors (Lipinski definition) is 3. The van der Waals surface area contributed by atoms with E-state index in [0.717, 1.165) is 29.0 Å². The molecule has 3 nitrogen and oxygen atoms in total. The highest BCUT2D eigenvalue weighted by Gasteiger charge is 2.25. The van der Waals surface area contributed by atoms with Crippen molar-refractivity contribution in [1.29, 1.82) is 0 Å². The molecule has 2 aromatic carbocycles. The van der Waals surface area contributed by atoms with Gasteiger partial charge < -0.3 is 9.84 Å². The van der Waals surface area contributed by atoms with Crippen molar-refractivity contribution in [2.75, 3.05) is 14.2 Å². The Hall–Kier alpha value is -2.00. The average molecular weight is 370 g/mol. The van der Waals surface area contributed by atoms with Gasteiger partial charge in [-0.3, -0.25) is 4.90 Å². The van der Waals surface area contributed by atoms with E-state index in [9.17, 15) is 5.11 Å². The zero-order chi connectivity index (χ0) is 20.4. The lowest BCUT2D eigenvalue weighted by atomic mass is 9.79. The normalized spacial score (nSPS) is 12.5. The first-order chi connectivity index (χ1) is 12.4. The molecule has 2 aromatic rings. The molecule has 2 rings (SSSR count). The molecule has 0 bridgehead atoms. The molecule has 0 radical (unpaired) electrons. The van der Waals surface area contributed by atoms with Crippen LogP contribution in [0.1, 0.15) is 63.8 Å². The van der Waals surface area contributed by atoms with Crippen LogP contribution in [0.25, 0.3) is 0 Å². The van der Waals surface area contributed by atoms with E-state index in [4.69, 9.17) is 4.74 Å². The van der Waals surface area contributed by atoms with Crippen molar-refractivity contribution in [3.05, 3.63) is 58.7 Å². The summed E-state index contributed by atoms with van der Waals surface area (Å²) in [5.74, 6) is 1.31. The molecule has 0 aliphatic carbocycles. The van der Waals surface area contributed by atoms with Gasteiger partial charge in [0.2, 0.25) is 0 Å². The van der Waals surface area contributed by atoms with E-state index in [1.165, 1.54) is 5.56 Å². The van der Waals surface area contributed by atoms with Crippen LogP contribution >= 0.6 is 0 Å². The van der Waals surface area contributed by atoms with Crippen molar-refractivity contribution in [3.8, 4) is 11.5 Å². The summed E-state index contributed by atoms with van der Waals surface area (Å²) in [6, 6.07) is 12.4. The maximum absolute atomic E-state index is 11.0. The SMILES string of the molecule is COc1ccccc1CN(C)Cc1cc(C(C)(C)C)cc(C(C)(C)C)c1O. The minimum absolute atomic E-state index is 0.0314. The molecule has 0 amide bonds. The van der Waals surface area contributed by atoms with Crippen LogP contribution in [-0.2, 0) is 23.9 Å². The quantitative estimate of drug-likeness (QED) is 0.741. The Labute approximate surface area is 165 Å². The lowest BCUT2D eigenvalue weighted by Gasteiger charge is -2.28. The van der Waals surface area contributed by atoms with Gasteiger partial charge in [-0.15, -0.1) is 0 Å². The van der Waals surface area contributed by atoms with Crippen LogP contribution < -0.4 is 4.74 Å². The zero-order valence-electron chi connectivity index (χ0n) is 18.2. The van der Waals surface area contributed by atoms with Crippen LogP contribution in [0.2, 0.25) is 0 Å². The minimum atomic E-state index is -0.110. The lowest BCUT2D eigenvalue weighted by Crippen LogP contribution is -2.21. The van der Waals surface area contributed by atoms with Crippen molar-refractivity contribution in [2.24, 2.45) is 0 Å². The number of phenols is 1. The van der Waals surface area contributed by atoms with Crippen LogP contribution in [0.15, 0.2) is 36.4 Å². The van der Waals surface area contributed by atoms with E-state index < -0.39 is 0 Å². The zero-order valence-corrected chi connectivity index (χ0v) is 18.2. The third kappa shape index (κ3) is 5.26. The Morgan fingerprint density at radius 2 is 1.48 bits per heavy atom. The van der Waals surface area contributed by atoms with Crippen molar-refractivity contribution in [2.45, 2.75) is 65.5 Å². The summed E-state index contributed by atoms with van der Waals surface area (Å²) in [6.07, 6.45) is 0. The molecule has 0 aliphatic rings. The van der Waals surface area contributed by atoms with Gasteiger partial charge in [-0.05, 0) is 35.1 Å². The molecule has 0 spiro atoms. The standard InChI is InChI=1S/C24H35NO2/c1-23(2,3)19-13-18(22(26)20(14-19)24(4,5)6)16-25(7)15-17-11-9-10-12-21(17)27-8/h9-14,26H,15-16H2,1-8H3. The summed E-state index contributed by atoms with van der Waals surface area (Å²) >= 11 is 0. The maximum atomic E-state index is 11.0. The van der Waals surface area contributed by atoms with E-state index in [1.807, 2.05) is 18.2 Å². The van der Waals surface area contributed by atoms with Crippen molar-refractivity contribution >= 4 is 0 Å². The molecule has 0 aliphatic heterocycles. The highest BCUT2D eigenvalue weighted by molar-refractivity contribution is 5.48. The highest BCUT2D eigenvalue weighted by Crippen LogP contribution is 2.38. The number of hydrogen-bond donors (Lipinski definition) is 1. The third-order valence-corrected chi connectivity index (χ3v) is 4.94. The summed E-state index contributed by atoms with van der Waals surface area (Å²) in [6.45, 7) is 14.5. The molecule has 1 N–H and O–H groups in total. The predicted octanol–water partition coefficient (Wildman–Crippen LogP) is 5.63. The molecular formula is C24H35NO2. The van der Waals surface area contributed by atoms with E-state index >= 15 is 0 Å². The van der Waals surface area contributed by atoms with Crippen molar-refractivity contribution in [3.63, 3.8) is 0 Å². The Balaban J connectivity index is 2.37. The topological polar surface area (TPSA) is 32.7 Å². The van der Waals surface area contributed by atoms with Gasteiger partial charge in [-0.1, -0.05) is 71.9 Å². The monoisotopic (exact) mass is 369 g/mol. The first kappa shape index (κ1) is 21.3. The summed E-state index contributed by atoms with van der Waals surface area (Å²) in [5.41, 5.74) is 4.31. The first-order valence-electron chi connectivity index (χ1n) is 9.60.